The van der Waals surface area contributed by atoms with Crippen LogP contribution in [0.3, 0.4) is 0 Å². The van der Waals surface area contributed by atoms with Gasteiger partial charge in [0.05, 0.1) is 4.90 Å². The molecule has 2 aromatic rings. The molecule has 1 aromatic carbocycles. The van der Waals surface area contributed by atoms with Gasteiger partial charge in [-0.1, -0.05) is 16.8 Å². The van der Waals surface area contributed by atoms with Gasteiger partial charge in [-0.15, -0.1) is 0 Å². The number of halogens is 1. The molecule has 0 bridgehead atoms. The van der Waals surface area contributed by atoms with Crippen LogP contribution in [0.4, 0.5) is 5.82 Å². The molecular weight excluding hydrogens is 386 g/mol. The molecule has 2 N–H and O–H groups in total. The number of hydrogen-bond donors (Lipinski definition) is 2. The second-order valence-electron chi connectivity index (χ2n) is 5.28. The molecule has 0 saturated heterocycles. The lowest BCUT2D eigenvalue weighted by atomic mass is 10.4. The van der Waals surface area contributed by atoms with Crippen LogP contribution in [0.2, 0.25) is 5.02 Å². The molecule has 9 nitrogen and oxygen atoms in total. The zero-order chi connectivity index (χ0) is 19.3. The fourth-order valence-corrected chi connectivity index (χ4v) is 3.15. The molecule has 0 unspecified atom stereocenters. The molecule has 26 heavy (non-hydrogen) atoms. The Balaban J connectivity index is 1.86. The van der Waals surface area contributed by atoms with Crippen molar-refractivity contribution in [1.82, 2.24) is 9.88 Å². The standard InChI is InChI=1S/C15H16ClN3O6S/c1-9-7-13(18-25-9)17-14(20)8-24-15(21)10(2)19-26(22,23)12-5-3-11(16)4-6-12/h3-7,10,19H,8H2,1-2H3,(H,17,18,20)/t10-/m0/s1. The summed E-state index contributed by atoms with van der Waals surface area (Å²) < 4.78 is 36.1. The SMILES string of the molecule is Cc1cc(NC(=O)COC(=O)[C@H](C)NS(=O)(=O)c2ccc(Cl)cc2)no1. The second-order valence-corrected chi connectivity index (χ2v) is 7.43. The Hall–Kier alpha value is -2.43. The summed E-state index contributed by atoms with van der Waals surface area (Å²) in [5, 5.41) is 6.30. The Morgan fingerprint density at radius 1 is 1.31 bits per heavy atom. The third-order valence-electron chi connectivity index (χ3n) is 3.05. The number of aryl methyl sites for hydroxylation is 1. The largest absolute Gasteiger partial charge is 0.454 e. The van der Waals surface area contributed by atoms with Gasteiger partial charge in [-0.3, -0.25) is 9.59 Å². The Morgan fingerprint density at radius 2 is 1.96 bits per heavy atom. The highest BCUT2D eigenvalue weighted by atomic mass is 35.5. The predicted octanol–water partition coefficient (Wildman–Crippen LogP) is 1.49. The van der Waals surface area contributed by atoms with Gasteiger partial charge in [0.25, 0.3) is 5.91 Å². The van der Waals surface area contributed by atoms with Gasteiger partial charge < -0.3 is 14.6 Å². The van der Waals surface area contributed by atoms with E-state index in [1.165, 1.54) is 37.3 Å². The summed E-state index contributed by atoms with van der Waals surface area (Å²) in [5.74, 6) is -0.865. The number of nitrogens with zero attached hydrogens (tertiary/aromatic N) is 1. The molecule has 1 heterocycles. The monoisotopic (exact) mass is 401 g/mol. The minimum Gasteiger partial charge on any atom is -0.454 e. The van der Waals surface area contributed by atoms with Crippen molar-refractivity contribution in [2.75, 3.05) is 11.9 Å². The van der Waals surface area contributed by atoms with Gasteiger partial charge in [-0.2, -0.15) is 4.72 Å². The van der Waals surface area contributed by atoms with Crippen molar-refractivity contribution in [3.63, 3.8) is 0 Å². The first-order valence-corrected chi connectivity index (χ1v) is 9.21. The third kappa shape index (κ3) is 5.55. The van der Waals surface area contributed by atoms with Crippen molar-refractivity contribution in [3.8, 4) is 0 Å². The first kappa shape index (κ1) is 19.9. The number of anilines is 1. The Bertz CT molecular complexity index is 894. The van der Waals surface area contributed by atoms with E-state index < -0.39 is 34.5 Å². The molecule has 2 rings (SSSR count). The molecule has 11 heteroatoms. The zero-order valence-corrected chi connectivity index (χ0v) is 15.4. The summed E-state index contributed by atoms with van der Waals surface area (Å²) in [7, 11) is -3.94. The Labute approximate surface area is 154 Å². The topological polar surface area (TPSA) is 128 Å². The molecule has 1 aromatic heterocycles. The Kier molecular flexibility index (Phi) is 6.35. The first-order chi connectivity index (χ1) is 12.2. The lowest BCUT2D eigenvalue weighted by Crippen LogP contribution is -2.40. The third-order valence-corrected chi connectivity index (χ3v) is 4.86. The van der Waals surface area contributed by atoms with Gasteiger partial charge in [0.2, 0.25) is 10.0 Å². The van der Waals surface area contributed by atoms with Gasteiger partial charge in [-0.25, -0.2) is 8.42 Å². The minimum atomic E-state index is -3.94. The lowest BCUT2D eigenvalue weighted by molar-refractivity contribution is -0.148. The fraction of sp³-hybridized carbons (Fsp3) is 0.267. The van der Waals surface area contributed by atoms with E-state index in [1.54, 1.807) is 6.92 Å². The summed E-state index contributed by atoms with van der Waals surface area (Å²) in [6.07, 6.45) is 0. The highest BCUT2D eigenvalue weighted by molar-refractivity contribution is 7.89. The molecule has 0 aliphatic carbocycles. The van der Waals surface area contributed by atoms with Crippen LogP contribution in [0.5, 0.6) is 0 Å². The van der Waals surface area contributed by atoms with E-state index >= 15 is 0 Å². The highest BCUT2D eigenvalue weighted by Gasteiger charge is 2.23. The number of carbonyl (C=O) groups excluding carboxylic acids is 2. The molecule has 0 saturated carbocycles. The van der Waals surface area contributed by atoms with Crippen molar-refractivity contribution in [2.45, 2.75) is 24.8 Å². The molecule has 1 amide bonds. The maximum Gasteiger partial charge on any atom is 0.324 e. The second kappa shape index (κ2) is 8.30. The summed E-state index contributed by atoms with van der Waals surface area (Å²) in [6.45, 7) is 2.35. The van der Waals surface area contributed by atoms with E-state index in [2.05, 4.69) is 15.2 Å². The van der Waals surface area contributed by atoms with Crippen molar-refractivity contribution < 1.29 is 27.3 Å². The van der Waals surface area contributed by atoms with E-state index in [-0.39, 0.29) is 10.7 Å². The smallest absolute Gasteiger partial charge is 0.324 e. The van der Waals surface area contributed by atoms with Crippen molar-refractivity contribution in [2.24, 2.45) is 0 Å². The maximum absolute atomic E-state index is 12.2. The number of nitrogens with one attached hydrogen (secondary N) is 2. The van der Waals surface area contributed by atoms with Crippen LogP contribution in [0, 0.1) is 6.92 Å². The van der Waals surface area contributed by atoms with Crippen LogP contribution < -0.4 is 10.0 Å². The number of ether oxygens (including phenoxy) is 1. The summed E-state index contributed by atoms with van der Waals surface area (Å²) >= 11 is 5.71. The summed E-state index contributed by atoms with van der Waals surface area (Å²) in [4.78, 5) is 23.5. The molecule has 0 radical (unpaired) electrons. The van der Waals surface area contributed by atoms with E-state index in [1.807, 2.05) is 0 Å². The van der Waals surface area contributed by atoms with E-state index in [4.69, 9.17) is 20.9 Å². The number of hydrogen-bond acceptors (Lipinski definition) is 7. The van der Waals surface area contributed by atoms with Crippen LogP contribution >= 0.6 is 11.6 Å². The number of rotatable bonds is 7. The molecule has 0 aliphatic heterocycles. The van der Waals surface area contributed by atoms with Crippen LogP contribution in [-0.2, 0) is 24.3 Å². The molecule has 0 spiro atoms. The molecule has 1 atom stereocenters. The number of benzene rings is 1. The molecule has 0 aliphatic rings. The van der Waals surface area contributed by atoms with Gasteiger partial charge in [0.1, 0.15) is 11.8 Å². The average Bonchev–Trinajstić information content (AvgIpc) is 2.97. The Morgan fingerprint density at radius 3 is 2.54 bits per heavy atom. The number of esters is 1. The number of sulfonamides is 1. The fourth-order valence-electron chi connectivity index (χ4n) is 1.83. The van der Waals surface area contributed by atoms with Crippen molar-refractivity contribution >= 4 is 39.3 Å². The van der Waals surface area contributed by atoms with E-state index in [0.29, 0.717) is 10.8 Å². The molecule has 140 valence electrons. The molecule has 0 fully saturated rings. The van der Waals surface area contributed by atoms with Crippen molar-refractivity contribution in [1.29, 1.82) is 0 Å². The lowest BCUT2D eigenvalue weighted by Gasteiger charge is -2.13. The summed E-state index contributed by atoms with van der Waals surface area (Å²) in [6, 6.07) is 5.72. The van der Waals surface area contributed by atoms with E-state index in [9.17, 15) is 18.0 Å². The average molecular weight is 402 g/mol. The maximum atomic E-state index is 12.2. The van der Waals surface area contributed by atoms with Crippen LogP contribution in [0.25, 0.3) is 0 Å². The van der Waals surface area contributed by atoms with Gasteiger partial charge in [0.15, 0.2) is 12.4 Å². The predicted molar refractivity (Wildman–Crippen MR) is 92.1 cm³/mol. The van der Waals surface area contributed by atoms with Gasteiger partial charge >= 0.3 is 5.97 Å². The first-order valence-electron chi connectivity index (χ1n) is 7.35. The minimum absolute atomic E-state index is 0.0549. The number of amides is 1. The van der Waals surface area contributed by atoms with E-state index in [0.717, 1.165) is 0 Å². The summed E-state index contributed by atoms with van der Waals surface area (Å²) in [5.41, 5.74) is 0. The highest BCUT2D eigenvalue weighted by Crippen LogP contribution is 2.14. The van der Waals surface area contributed by atoms with Gasteiger partial charge in [-0.05, 0) is 38.1 Å². The van der Waals surface area contributed by atoms with Crippen molar-refractivity contribution in [3.05, 3.63) is 41.1 Å². The van der Waals surface area contributed by atoms with Crippen LogP contribution in [0.1, 0.15) is 12.7 Å². The number of aromatic nitrogens is 1. The van der Waals surface area contributed by atoms with Gasteiger partial charge in [0, 0.05) is 11.1 Å². The zero-order valence-electron chi connectivity index (χ0n) is 13.9. The quantitative estimate of drug-likeness (QED) is 0.672. The van der Waals surface area contributed by atoms with Crippen LogP contribution in [-0.4, -0.2) is 38.1 Å². The number of carbonyl (C=O) groups is 2. The van der Waals surface area contributed by atoms with Crippen LogP contribution in [0.15, 0.2) is 39.8 Å². The molecular formula is C15H16ClN3O6S. The normalized spacial score (nSPS) is 12.4.